The molecular formula is C4H7KN2. The molecule has 3 heteroatoms. The number of aromatic nitrogens is 2. The van der Waals surface area contributed by atoms with Crippen molar-refractivity contribution in [2.24, 2.45) is 0 Å². The Morgan fingerprint density at radius 3 is 2.29 bits per heavy atom. The summed E-state index contributed by atoms with van der Waals surface area (Å²) in [6.45, 7) is 0. The maximum atomic E-state index is 3.67. The molecule has 0 aliphatic heterocycles. The first kappa shape index (κ1) is 10.8. The maximum Gasteiger partial charge on any atom is 1.00 e. The average Bonchev–Trinajstić information content (AvgIpc) is 1.76. The average molecular weight is 122 g/mol. The fourth-order valence-corrected chi connectivity index (χ4v) is 0.215. The molecule has 0 saturated carbocycles. The minimum atomic E-state index is 0. The molecule has 0 radical (unpaired) electrons. The van der Waals surface area contributed by atoms with Crippen LogP contribution in [-0.2, 0) is 0 Å². The Morgan fingerprint density at radius 1 is 1.43 bits per heavy atom. The van der Waals surface area contributed by atoms with Crippen LogP contribution in [0.5, 0.6) is 0 Å². The van der Waals surface area contributed by atoms with Gasteiger partial charge in [0.2, 0.25) is 0 Å². The second-order valence-corrected chi connectivity index (χ2v) is 0.761. The Balaban J connectivity index is 0. The van der Waals surface area contributed by atoms with Crippen LogP contribution >= 0.6 is 0 Å². The Morgan fingerprint density at radius 2 is 2.14 bits per heavy atom. The van der Waals surface area contributed by atoms with Crippen LogP contribution in [0, 0.1) is 7.43 Å². The molecular weight excluding hydrogens is 115 g/mol. The summed E-state index contributed by atoms with van der Waals surface area (Å²) in [5.74, 6) is 0. The van der Waals surface area contributed by atoms with Crippen LogP contribution in [0.25, 0.3) is 0 Å². The smallest absolute Gasteiger partial charge is 0.358 e. The standard InChI is InChI=1S/C3H4N2.CH3.K/c1-2-5-3-4-1;;/h1-3H,(H,4,5);1H3;/q;-1;+1. The number of imidazole rings is 1. The van der Waals surface area contributed by atoms with Gasteiger partial charge >= 0.3 is 51.4 Å². The van der Waals surface area contributed by atoms with Crippen molar-refractivity contribution >= 4 is 0 Å². The van der Waals surface area contributed by atoms with Gasteiger partial charge < -0.3 is 12.4 Å². The van der Waals surface area contributed by atoms with Gasteiger partial charge in [0.05, 0.1) is 6.33 Å². The van der Waals surface area contributed by atoms with Gasteiger partial charge in [0.1, 0.15) is 0 Å². The van der Waals surface area contributed by atoms with E-state index in [1.165, 1.54) is 0 Å². The minimum absolute atomic E-state index is 0. The van der Waals surface area contributed by atoms with Gasteiger partial charge in [0, 0.05) is 12.4 Å². The molecule has 1 aromatic rings. The zero-order chi connectivity index (χ0) is 3.54. The van der Waals surface area contributed by atoms with Crippen molar-refractivity contribution in [3.63, 3.8) is 0 Å². The predicted molar refractivity (Wildman–Crippen MR) is 25.0 cm³/mol. The van der Waals surface area contributed by atoms with E-state index in [9.17, 15) is 0 Å². The SMILES string of the molecule is [CH3-].[K+].c1c[nH]cn1. The molecule has 1 N–H and O–H groups in total. The van der Waals surface area contributed by atoms with E-state index >= 15 is 0 Å². The van der Waals surface area contributed by atoms with Gasteiger partial charge in [-0.2, -0.15) is 0 Å². The van der Waals surface area contributed by atoms with Crippen LogP contribution in [0.15, 0.2) is 18.7 Å². The number of rotatable bonds is 0. The Bertz CT molecular complexity index is 66.2. The van der Waals surface area contributed by atoms with Gasteiger partial charge in [-0.05, 0) is 0 Å². The molecule has 0 atom stereocenters. The van der Waals surface area contributed by atoms with Crippen molar-refractivity contribution in [1.29, 1.82) is 0 Å². The third-order valence-electron chi connectivity index (χ3n) is 0.406. The molecule has 1 heterocycles. The van der Waals surface area contributed by atoms with Gasteiger partial charge in [-0.25, -0.2) is 4.98 Å². The van der Waals surface area contributed by atoms with E-state index in [4.69, 9.17) is 0 Å². The quantitative estimate of drug-likeness (QED) is 0.309. The molecule has 0 aliphatic carbocycles. The fourth-order valence-electron chi connectivity index (χ4n) is 0.215. The molecule has 0 saturated heterocycles. The molecule has 1 rings (SSSR count). The summed E-state index contributed by atoms with van der Waals surface area (Å²) < 4.78 is 0. The Hall–Kier alpha value is 0.846. The van der Waals surface area contributed by atoms with Crippen molar-refractivity contribution < 1.29 is 51.4 Å². The topological polar surface area (TPSA) is 28.7 Å². The van der Waals surface area contributed by atoms with Crippen LogP contribution in [0.2, 0.25) is 0 Å². The number of H-pyrrole nitrogens is 1. The van der Waals surface area contributed by atoms with Crippen molar-refractivity contribution in [1.82, 2.24) is 9.97 Å². The first-order valence-electron chi connectivity index (χ1n) is 1.43. The molecule has 34 valence electrons. The van der Waals surface area contributed by atoms with Crippen LogP contribution < -0.4 is 51.4 Å². The molecule has 0 spiro atoms. The monoisotopic (exact) mass is 122 g/mol. The van der Waals surface area contributed by atoms with E-state index in [1.807, 2.05) is 0 Å². The molecule has 7 heavy (non-hydrogen) atoms. The molecule has 1 aromatic heterocycles. The van der Waals surface area contributed by atoms with Crippen LogP contribution in [-0.4, -0.2) is 9.97 Å². The Labute approximate surface area is 86.2 Å². The summed E-state index contributed by atoms with van der Waals surface area (Å²) in [5, 5.41) is 0. The number of nitrogens with one attached hydrogen (secondary N) is 1. The predicted octanol–water partition coefficient (Wildman–Crippen LogP) is -2.14. The van der Waals surface area contributed by atoms with E-state index in [1.54, 1.807) is 18.7 Å². The minimum Gasteiger partial charge on any atom is -0.358 e. The van der Waals surface area contributed by atoms with Crippen LogP contribution in [0.1, 0.15) is 0 Å². The number of aromatic amines is 1. The summed E-state index contributed by atoms with van der Waals surface area (Å²) in [4.78, 5) is 6.42. The second kappa shape index (κ2) is 6.85. The molecule has 2 nitrogen and oxygen atoms in total. The third-order valence-corrected chi connectivity index (χ3v) is 0.406. The van der Waals surface area contributed by atoms with Gasteiger partial charge in [-0.15, -0.1) is 0 Å². The van der Waals surface area contributed by atoms with Crippen molar-refractivity contribution in [3.05, 3.63) is 26.1 Å². The number of hydrogen-bond acceptors (Lipinski definition) is 1. The first-order chi connectivity index (χ1) is 2.50. The summed E-state index contributed by atoms with van der Waals surface area (Å²) in [7, 11) is 0. The number of hydrogen-bond donors (Lipinski definition) is 1. The van der Waals surface area contributed by atoms with Crippen LogP contribution in [0.4, 0.5) is 0 Å². The van der Waals surface area contributed by atoms with E-state index in [0.29, 0.717) is 0 Å². The molecule has 0 aliphatic rings. The fraction of sp³-hybridized carbons (Fsp3) is 0. The van der Waals surface area contributed by atoms with Gasteiger partial charge in [-0.3, -0.25) is 0 Å². The third kappa shape index (κ3) is 4.70. The van der Waals surface area contributed by atoms with Crippen molar-refractivity contribution in [2.45, 2.75) is 0 Å². The number of nitrogens with zero attached hydrogens (tertiary/aromatic N) is 1. The van der Waals surface area contributed by atoms with Crippen molar-refractivity contribution in [3.8, 4) is 0 Å². The first-order valence-corrected chi connectivity index (χ1v) is 1.43. The van der Waals surface area contributed by atoms with Gasteiger partial charge in [0.15, 0.2) is 0 Å². The largest absolute Gasteiger partial charge is 1.00 e. The van der Waals surface area contributed by atoms with Gasteiger partial charge in [0.25, 0.3) is 0 Å². The van der Waals surface area contributed by atoms with E-state index in [2.05, 4.69) is 9.97 Å². The van der Waals surface area contributed by atoms with E-state index in [0.717, 1.165) is 0 Å². The maximum absolute atomic E-state index is 3.67. The second-order valence-electron chi connectivity index (χ2n) is 0.761. The van der Waals surface area contributed by atoms with Crippen molar-refractivity contribution in [2.75, 3.05) is 0 Å². The van der Waals surface area contributed by atoms with Gasteiger partial charge in [-0.1, -0.05) is 0 Å². The molecule has 0 amide bonds. The Kier molecular flexibility index (Phi) is 10.5. The van der Waals surface area contributed by atoms with Crippen LogP contribution in [0.3, 0.4) is 0 Å². The summed E-state index contributed by atoms with van der Waals surface area (Å²) in [5.41, 5.74) is 0. The van der Waals surface area contributed by atoms with E-state index < -0.39 is 0 Å². The summed E-state index contributed by atoms with van der Waals surface area (Å²) in [6, 6.07) is 0. The molecule has 0 aromatic carbocycles. The molecule has 0 unspecified atom stereocenters. The zero-order valence-corrected chi connectivity index (χ0v) is 7.80. The summed E-state index contributed by atoms with van der Waals surface area (Å²) in [6.07, 6.45) is 5.08. The zero-order valence-electron chi connectivity index (χ0n) is 4.68. The van der Waals surface area contributed by atoms with E-state index in [-0.39, 0.29) is 58.8 Å². The molecule has 0 fully saturated rings. The summed E-state index contributed by atoms with van der Waals surface area (Å²) >= 11 is 0. The normalized spacial score (nSPS) is 5.71. The molecule has 0 bridgehead atoms.